The Bertz CT molecular complexity index is 1160. The molecule has 0 spiro atoms. The Morgan fingerprint density at radius 3 is 2.48 bits per heavy atom. The summed E-state index contributed by atoms with van der Waals surface area (Å²) in [5, 5.41) is 4.77. The molecule has 2 heterocycles. The van der Waals surface area contributed by atoms with Crippen LogP contribution in [0.2, 0.25) is 5.02 Å². The van der Waals surface area contributed by atoms with Gasteiger partial charge >= 0.3 is 11.9 Å². The summed E-state index contributed by atoms with van der Waals surface area (Å²) in [6.45, 7) is 0. The lowest BCUT2D eigenvalue weighted by Gasteiger charge is -2.09. The molecule has 0 unspecified atom stereocenters. The molecule has 0 aliphatic heterocycles. The van der Waals surface area contributed by atoms with E-state index in [9.17, 15) is 18.0 Å². The third-order valence-corrected chi connectivity index (χ3v) is 4.00. The van der Waals surface area contributed by atoms with Crippen LogP contribution in [0, 0.1) is 0 Å². The highest BCUT2D eigenvalue weighted by Crippen LogP contribution is 2.34. The molecule has 0 saturated carbocycles. The number of hydrogen-bond donors (Lipinski definition) is 1. The fourth-order valence-electron chi connectivity index (χ4n) is 2.62. The van der Waals surface area contributed by atoms with Crippen LogP contribution >= 0.6 is 11.6 Å². The van der Waals surface area contributed by atoms with Gasteiger partial charge in [0.15, 0.2) is 11.5 Å². The zero-order chi connectivity index (χ0) is 17.8. The highest BCUT2D eigenvalue weighted by molar-refractivity contribution is 6.30. The summed E-state index contributed by atoms with van der Waals surface area (Å²) in [5.41, 5.74) is -1.41. The molecule has 9 heteroatoms. The van der Waals surface area contributed by atoms with Crippen LogP contribution in [0.25, 0.3) is 27.9 Å². The second-order valence-corrected chi connectivity index (χ2v) is 5.77. The van der Waals surface area contributed by atoms with Crippen molar-refractivity contribution in [1.82, 2.24) is 19.6 Å². The molecule has 2 aromatic carbocycles. The van der Waals surface area contributed by atoms with Gasteiger partial charge in [0, 0.05) is 16.0 Å². The number of aromatic nitrogens is 4. The molecule has 4 rings (SSSR count). The molecule has 2 aromatic heterocycles. The van der Waals surface area contributed by atoms with Gasteiger partial charge in [0.1, 0.15) is 0 Å². The van der Waals surface area contributed by atoms with E-state index in [1.54, 1.807) is 24.3 Å². The van der Waals surface area contributed by atoms with Crippen LogP contribution in [0.4, 0.5) is 13.2 Å². The van der Waals surface area contributed by atoms with E-state index in [0.717, 1.165) is 10.6 Å². The largest absolute Gasteiger partial charge is 0.418 e. The van der Waals surface area contributed by atoms with Gasteiger partial charge < -0.3 is 4.98 Å². The normalized spacial score (nSPS) is 12.2. The van der Waals surface area contributed by atoms with Gasteiger partial charge in [-0.15, -0.1) is 5.10 Å². The van der Waals surface area contributed by atoms with Gasteiger partial charge in [-0.3, -0.25) is 0 Å². The molecule has 126 valence electrons. The van der Waals surface area contributed by atoms with Gasteiger partial charge in [-0.25, -0.2) is 9.78 Å². The Hall–Kier alpha value is -2.87. The minimum Gasteiger partial charge on any atom is -0.305 e. The fraction of sp³-hybridized carbons (Fsp3) is 0.0625. The number of nitrogens with zero attached hydrogens (tertiary/aromatic N) is 3. The summed E-state index contributed by atoms with van der Waals surface area (Å²) >= 11 is 5.83. The number of hydrogen-bond acceptors (Lipinski definition) is 3. The summed E-state index contributed by atoms with van der Waals surface area (Å²) < 4.78 is 40.5. The Kier molecular flexibility index (Phi) is 3.33. The first kappa shape index (κ1) is 15.6. The summed E-state index contributed by atoms with van der Waals surface area (Å²) in [5.74, 6) is 0.215. The average Bonchev–Trinajstić information content (AvgIpc) is 3.00. The average molecular weight is 365 g/mol. The Labute approximate surface area is 142 Å². The van der Waals surface area contributed by atoms with Crippen molar-refractivity contribution >= 4 is 28.2 Å². The standard InChI is InChI=1S/C16H8ClF3N4O/c17-9-6-4-8(5-7-9)13-22-14-10-2-1-3-11(16(18,19)20)12(10)21-15(25)24(14)23-13/h1-7H,(H,21,25). The number of para-hydroxylation sites is 1. The molecule has 0 radical (unpaired) electrons. The topological polar surface area (TPSA) is 63.0 Å². The maximum Gasteiger partial charge on any atom is 0.418 e. The molecule has 4 aromatic rings. The number of H-pyrrole nitrogens is 1. The van der Waals surface area contributed by atoms with E-state index in [-0.39, 0.29) is 22.4 Å². The maximum absolute atomic E-state index is 13.2. The Morgan fingerprint density at radius 2 is 1.80 bits per heavy atom. The first-order chi connectivity index (χ1) is 11.8. The van der Waals surface area contributed by atoms with Crippen molar-refractivity contribution in [2.75, 3.05) is 0 Å². The van der Waals surface area contributed by atoms with E-state index >= 15 is 0 Å². The molecule has 0 bridgehead atoms. The molecular formula is C16H8ClF3N4O. The van der Waals surface area contributed by atoms with Crippen LogP contribution in [0.1, 0.15) is 5.56 Å². The lowest BCUT2D eigenvalue weighted by molar-refractivity contribution is -0.136. The second-order valence-electron chi connectivity index (χ2n) is 5.33. The summed E-state index contributed by atoms with van der Waals surface area (Å²) in [6, 6.07) is 10.2. The third kappa shape index (κ3) is 2.54. The number of fused-ring (bicyclic) bond motifs is 3. The monoisotopic (exact) mass is 364 g/mol. The smallest absolute Gasteiger partial charge is 0.305 e. The highest BCUT2D eigenvalue weighted by atomic mass is 35.5. The molecule has 5 nitrogen and oxygen atoms in total. The lowest BCUT2D eigenvalue weighted by Crippen LogP contribution is -2.19. The van der Waals surface area contributed by atoms with E-state index in [4.69, 9.17) is 11.6 Å². The van der Waals surface area contributed by atoms with Crippen LogP contribution < -0.4 is 5.69 Å². The van der Waals surface area contributed by atoms with E-state index in [2.05, 4.69) is 15.1 Å². The van der Waals surface area contributed by atoms with Crippen molar-refractivity contribution in [1.29, 1.82) is 0 Å². The molecule has 0 aliphatic carbocycles. The molecule has 0 amide bonds. The fourth-order valence-corrected chi connectivity index (χ4v) is 2.74. The van der Waals surface area contributed by atoms with E-state index in [1.165, 1.54) is 12.1 Å². The first-order valence-electron chi connectivity index (χ1n) is 7.09. The van der Waals surface area contributed by atoms with Gasteiger partial charge in [0.2, 0.25) is 0 Å². The molecule has 0 aliphatic rings. The molecule has 0 atom stereocenters. The van der Waals surface area contributed by atoms with E-state index in [1.807, 2.05) is 0 Å². The van der Waals surface area contributed by atoms with Crippen molar-refractivity contribution in [2.45, 2.75) is 6.18 Å². The van der Waals surface area contributed by atoms with Crippen LogP contribution in [0.15, 0.2) is 47.3 Å². The number of aromatic amines is 1. The van der Waals surface area contributed by atoms with Crippen molar-refractivity contribution in [2.24, 2.45) is 0 Å². The van der Waals surface area contributed by atoms with Gasteiger partial charge in [-0.05, 0) is 36.4 Å². The Morgan fingerprint density at radius 1 is 1.08 bits per heavy atom. The number of halogens is 4. The van der Waals surface area contributed by atoms with E-state index in [0.29, 0.717) is 10.6 Å². The minimum atomic E-state index is -4.60. The summed E-state index contributed by atoms with van der Waals surface area (Å²) in [7, 11) is 0. The van der Waals surface area contributed by atoms with Crippen molar-refractivity contribution < 1.29 is 13.2 Å². The molecule has 25 heavy (non-hydrogen) atoms. The molecule has 1 N–H and O–H groups in total. The number of rotatable bonds is 1. The minimum absolute atomic E-state index is 0.0507. The summed E-state index contributed by atoms with van der Waals surface area (Å²) in [6.07, 6.45) is -4.60. The van der Waals surface area contributed by atoms with Crippen LogP contribution in [0.3, 0.4) is 0 Å². The second kappa shape index (κ2) is 5.32. The number of benzene rings is 2. The first-order valence-corrected chi connectivity index (χ1v) is 7.47. The maximum atomic E-state index is 13.2. The van der Waals surface area contributed by atoms with Crippen molar-refractivity contribution in [3.63, 3.8) is 0 Å². The van der Waals surface area contributed by atoms with Gasteiger partial charge in [0.05, 0.1) is 11.1 Å². The molecular weight excluding hydrogens is 357 g/mol. The van der Waals surface area contributed by atoms with Crippen molar-refractivity contribution in [3.8, 4) is 11.4 Å². The predicted molar refractivity (Wildman–Crippen MR) is 86.6 cm³/mol. The molecule has 0 saturated heterocycles. The summed E-state index contributed by atoms with van der Waals surface area (Å²) in [4.78, 5) is 18.7. The Balaban J connectivity index is 2.05. The van der Waals surface area contributed by atoms with Gasteiger partial charge in [0.25, 0.3) is 0 Å². The molecule has 0 fully saturated rings. The quantitative estimate of drug-likeness (QED) is 0.557. The number of nitrogens with one attached hydrogen (secondary N) is 1. The predicted octanol–water partition coefficient (Wildman–Crippen LogP) is 3.91. The van der Waals surface area contributed by atoms with Crippen LogP contribution in [0.5, 0.6) is 0 Å². The van der Waals surface area contributed by atoms with E-state index < -0.39 is 17.4 Å². The third-order valence-electron chi connectivity index (χ3n) is 3.74. The highest BCUT2D eigenvalue weighted by Gasteiger charge is 2.33. The SMILES string of the molecule is O=c1[nH]c2c(C(F)(F)F)cccc2c2nc(-c3ccc(Cl)cc3)nn12. The van der Waals surface area contributed by atoms with Gasteiger partial charge in [-0.1, -0.05) is 17.7 Å². The zero-order valence-electron chi connectivity index (χ0n) is 12.3. The van der Waals surface area contributed by atoms with Crippen molar-refractivity contribution in [3.05, 3.63) is 63.5 Å². The van der Waals surface area contributed by atoms with Crippen LogP contribution in [-0.4, -0.2) is 19.6 Å². The number of alkyl halides is 3. The lowest BCUT2D eigenvalue weighted by atomic mass is 10.1. The zero-order valence-corrected chi connectivity index (χ0v) is 13.1. The van der Waals surface area contributed by atoms with Crippen LogP contribution in [-0.2, 0) is 6.18 Å². The van der Waals surface area contributed by atoms with Gasteiger partial charge in [-0.2, -0.15) is 17.7 Å².